The van der Waals surface area contributed by atoms with E-state index in [1.807, 2.05) is 24.3 Å². The highest BCUT2D eigenvalue weighted by Gasteiger charge is 2.14. The number of carbonyl (C=O) groups excluding carboxylic acids is 2. The van der Waals surface area contributed by atoms with Crippen LogP contribution in [0.5, 0.6) is 11.5 Å². The molecule has 0 radical (unpaired) electrons. The van der Waals surface area contributed by atoms with Crippen LogP contribution < -0.4 is 14.8 Å². The Balaban J connectivity index is 1.48. The zero-order valence-electron chi connectivity index (χ0n) is 16.6. The predicted octanol–water partition coefficient (Wildman–Crippen LogP) is 4.81. The molecule has 0 bridgehead atoms. The molecular weight excluding hydrogens is 370 g/mol. The predicted molar refractivity (Wildman–Crippen MR) is 109 cm³/mol. The van der Waals surface area contributed by atoms with Gasteiger partial charge in [-0.3, -0.25) is 4.79 Å². The summed E-state index contributed by atoms with van der Waals surface area (Å²) >= 11 is 0. The lowest BCUT2D eigenvalue weighted by molar-refractivity contribution is -0.118. The van der Waals surface area contributed by atoms with Crippen LogP contribution in [0.1, 0.15) is 36.9 Å². The van der Waals surface area contributed by atoms with Crippen molar-refractivity contribution in [3.8, 4) is 11.5 Å². The van der Waals surface area contributed by atoms with Gasteiger partial charge in [-0.2, -0.15) is 0 Å². The molecule has 1 amide bonds. The number of hydrogen-bond donors (Lipinski definition) is 1. The number of rotatable bonds is 6. The SMILES string of the molecule is CC(C)(C)c1ccc(OCC(=O)Nc2ccc(OC(=O)c3ccco3)cc2)cc1. The van der Waals surface area contributed by atoms with Crippen molar-refractivity contribution in [1.82, 2.24) is 0 Å². The first-order valence-electron chi connectivity index (χ1n) is 9.20. The lowest BCUT2D eigenvalue weighted by Gasteiger charge is -2.19. The monoisotopic (exact) mass is 393 g/mol. The van der Waals surface area contributed by atoms with Gasteiger partial charge < -0.3 is 19.2 Å². The minimum atomic E-state index is -0.585. The molecule has 6 heteroatoms. The number of hydrogen-bond acceptors (Lipinski definition) is 5. The number of esters is 1. The Bertz CT molecular complexity index is 952. The summed E-state index contributed by atoms with van der Waals surface area (Å²) in [5.41, 5.74) is 1.83. The number of ether oxygens (including phenoxy) is 2. The molecule has 29 heavy (non-hydrogen) atoms. The molecule has 6 nitrogen and oxygen atoms in total. The fourth-order valence-corrected chi connectivity index (χ4v) is 2.56. The van der Waals surface area contributed by atoms with Crippen molar-refractivity contribution in [2.24, 2.45) is 0 Å². The number of anilines is 1. The van der Waals surface area contributed by atoms with E-state index in [-0.39, 0.29) is 23.7 Å². The Kier molecular flexibility index (Phi) is 6.02. The van der Waals surface area contributed by atoms with Crippen LogP contribution in [0.4, 0.5) is 5.69 Å². The van der Waals surface area contributed by atoms with Gasteiger partial charge in [0.2, 0.25) is 5.76 Å². The van der Waals surface area contributed by atoms with Crippen LogP contribution >= 0.6 is 0 Å². The third-order valence-corrected chi connectivity index (χ3v) is 4.16. The minimum Gasteiger partial charge on any atom is -0.484 e. The quantitative estimate of drug-likeness (QED) is 0.480. The lowest BCUT2D eigenvalue weighted by Crippen LogP contribution is -2.20. The Hall–Kier alpha value is -3.54. The maximum absolute atomic E-state index is 12.1. The van der Waals surface area contributed by atoms with Crippen LogP contribution in [0, 0.1) is 0 Å². The van der Waals surface area contributed by atoms with Crippen LogP contribution in [0.25, 0.3) is 0 Å². The van der Waals surface area contributed by atoms with Crippen molar-refractivity contribution >= 4 is 17.6 Å². The van der Waals surface area contributed by atoms with Gasteiger partial charge in [-0.15, -0.1) is 0 Å². The molecule has 0 aliphatic carbocycles. The normalized spacial score (nSPS) is 11.0. The Labute approximate surface area is 169 Å². The van der Waals surface area contributed by atoms with Crippen molar-refractivity contribution in [2.45, 2.75) is 26.2 Å². The zero-order chi connectivity index (χ0) is 20.9. The molecule has 3 aromatic rings. The Morgan fingerprint density at radius 1 is 0.931 bits per heavy atom. The van der Waals surface area contributed by atoms with Gasteiger partial charge in [-0.1, -0.05) is 32.9 Å². The number of furan rings is 1. The van der Waals surface area contributed by atoms with Crippen LogP contribution in [0.2, 0.25) is 0 Å². The maximum atomic E-state index is 12.1. The third kappa shape index (κ3) is 5.72. The van der Waals surface area contributed by atoms with Crippen molar-refractivity contribution in [3.63, 3.8) is 0 Å². The van der Waals surface area contributed by atoms with E-state index >= 15 is 0 Å². The molecule has 0 aliphatic rings. The summed E-state index contributed by atoms with van der Waals surface area (Å²) in [4.78, 5) is 23.9. The van der Waals surface area contributed by atoms with E-state index in [9.17, 15) is 9.59 Å². The molecule has 1 heterocycles. The van der Waals surface area contributed by atoms with Crippen LogP contribution in [0.3, 0.4) is 0 Å². The van der Waals surface area contributed by atoms with Gasteiger partial charge in [0.1, 0.15) is 11.5 Å². The molecule has 0 aliphatic heterocycles. The van der Waals surface area contributed by atoms with Crippen molar-refractivity contribution in [1.29, 1.82) is 0 Å². The molecule has 1 N–H and O–H groups in total. The van der Waals surface area contributed by atoms with Gasteiger partial charge in [-0.05, 0) is 59.5 Å². The van der Waals surface area contributed by atoms with Gasteiger partial charge in [0, 0.05) is 5.69 Å². The number of carbonyl (C=O) groups is 2. The Morgan fingerprint density at radius 2 is 1.59 bits per heavy atom. The van der Waals surface area contributed by atoms with E-state index < -0.39 is 5.97 Å². The third-order valence-electron chi connectivity index (χ3n) is 4.16. The average molecular weight is 393 g/mol. The molecule has 1 aromatic heterocycles. The number of nitrogens with one attached hydrogen (secondary N) is 1. The standard InChI is InChI=1S/C23H23NO5/c1-23(2,3)16-6-10-18(11-7-16)28-15-21(25)24-17-8-12-19(13-9-17)29-22(26)20-5-4-14-27-20/h4-14H,15H2,1-3H3,(H,24,25). The highest BCUT2D eigenvalue weighted by atomic mass is 16.5. The first-order valence-corrected chi connectivity index (χ1v) is 9.20. The summed E-state index contributed by atoms with van der Waals surface area (Å²) in [6.45, 7) is 6.31. The molecular formula is C23H23NO5. The Morgan fingerprint density at radius 3 is 2.17 bits per heavy atom. The smallest absolute Gasteiger partial charge is 0.379 e. The van der Waals surface area contributed by atoms with Gasteiger partial charge >= 0.3 is 5.97 Å². The van der Waals surface area contributed by atoms with E-state index in [4.69, 9.17) is 13.9 Å². The van der Waals surface area contributed by atoms with Crippen LogP contribution in [-0.2, 0) is 10.2 Å². The van der Waals surface area contributed by atoms with E-state index in [0.717, 1.165) is 0 Å². The summed E-state index contributed by atoms with van der Waals surface area (Å²) < 4.78 is 15.7. The van der Waals surface area contributed by atoms with E-state index in [2.05, 4.69) is 26.1 Å². The van der Waals surface area contributed by atoms with E-state index in [0.29, 0.717) is 17.2 Å². The first kappa shape index (κ1) is 20.2. The fourth-order valence-electron chi connectivity index (χ4n) is 2.56. The molecule has 0 unspecified atom stereocenters. The summed E-state index contributed by atoms with van der Waals surface area (Å²) in [7, 11) is 0. The molecule has 150 valence electrons. The molecule has 0 fully saturated rings. The fraction of sp³-hybridized carbons (Fsp3) is 0.217. The van der Waals surface area contributed by atoms with Crippen LogP contribution in [0.15, 0.2) is 71.3 Å². The van der Waals surface area contributed by atoms with Crippen molar-refractivity contribution < 1.29 is 23.5 Å². The molecule has 0 saturated carbocycles. The second-order valence-corrected chi connectivity index (χ2v) is 7.50. The first-order chi connectivity index (χ1) is 13.8. The summed E-state index contributed by atoms with van der Waals surface area (Å²) in [6.07, 6.45) is 1.40. The highest BCUT2D eigenvalue weighted by molar-refractivity contribution is 5.92. The van der Waals surface area contributed by atoms with Crippen molar-refractivity contribution in [2.75, 3.05) is 11.9 Å². The van der Waals surface area contributed by atoms with Gasteiger partial charge in [0.05, 0.1) is 6.26 Å². The van der Waals surface area contributed by atoms with E-state index in [1.165, 1.54) is 17.9 Å². The summed E-state index contributed by atoms with van der Waals surface area (Å²) in [6, 6.07) is 17.3. The number of benzene rings is 2. The van der Waals surface area contributed by atoms with E-state index in [1.54, 1.807) is 30.3 Å². The molecule has 2 aromatic carbocycles. The van der Waals surface area contributed by atoms with Gasteiger partial charge in [0.15, 0.2) is 6.61 Å². The second-order valence-electron chi connectivity index (χ2n) is 7.50. The minimum absolute atomic E-state index is 0.0638. The molecule has 0 saturated heterocycles. The van der Waals surface area contributed by atoms with Gasteiger partial charge in [0.25, 0.3) is 5.91 Å². The molecule has 0 spiro atoms. The van der Waals surface area contributed by atoms with Crippen molar-refractivity contribution in [3.05, 3.63) is 78.3 Å². The average Bonchev–Trinajstić information content (AvgIpc) is 3.22. The lowest BCUT2D eigenvalue weighted by atomic mass is 9.87. The number of amides is 1. The zero-order valence-corrected chi connectivity index (χ0v) is 16.6. The topological polar surface area (TPSA) is 77.8 Å². The maximum Gasteiger partial charge on any atom is 0.379 e. The summed E-state index contributed by atoms with van der Waals surface area (Å²) in [5.74, 6) is 0.228. The molecule has 3 rings (SSSR count). The van der Waals surface area contributed by atoms with Gasteiger partial charge in [-0.25, -0.2) is 4.79 Å². The highest BCUT2D eigenvalue weighted by Crippen LogP contribution is 2.24. The second kappa shape index (κ2) is 8.65. The summed E-state index contributed by atoms with van der Waals surface area (Å²) in [5, 5.41) is 2.73. The molecule has 0 atom stereocenters. The van der Waals surface area contributed by atoms with Crippen LogP contribution in [-0.4, -0.2) is 18.5 Å². The largest absolute Gasteiger partial charge is 0.484 e.